The van der Waals surface area contributed by atoms with Crippen molar-refractivity contribution in [3.8, 4) is 11.6 Å². The SMILES string of the molecule is O=c1[nH]n(-c2cccc(Cl)c2)c(O)c1C=C1C=Nc2ccccc21. The number of allylic oxidation sites excluding steroid dienone is 1. The lowest BCUT2D eigenvalue weighted by molar-refractivity contribution is 0.432. The third-order valence-electron chi connectivity index (χ3n) is 3.83. The Balaban J connectivity index is 1.83. The van der Waals surface area contributed by atoms with Crippen molar-refractivity contribution >= 4 is 35.2 Å². The summed E-state index contributed by atoms with van der Waals surface area (Å²) in [5.41, 5.74) is 2.89. The number of fused-ring (bicyclic) bond motifs is 1. The van der Waals surface area contributed by atoms with Crippen LogP contribution in [-0.2, 0) is 0 Å². The quantitative estimate of drug-likeness (QED) is 0.747. The zero-order valence-corrected chi connectivity index (χ0v) is 13.2. The minimum Gasteiger partial charge on any atom is -0.493 e. The Morgan fingerprint density at radius 2 is 2.00 bits per heavy atom. The highest BCUT2D eigenvalue weighted by Crippen LogP contribution is 2.33. The molecule has 0 aliphatic carbocycles. The second-order valence-corrected chi connectivity index (χ2v) is 5.80. The molecule has 2 heterocycles. The van der Waals surface area contributed by atoms with Gasteiger partial charge in [-0.2, -0.15) is 0 Å². The van der Waals surface area contributed by atoms with Crippen molar-refractivity contribution in [1.82, 2.24) is 9.78 Å². The number of aliphatic imine (C=N–C) groups is 1. The van der Waals surface area contributed by atoms with Crippen molar-refractivity contribution in [2.24, 2.45) is 4.99 Å². The summed E-state index contributed by atoms with van der Waals surface area (Å²) < 4.78 is 1.30. The third kappa shape index (κ3) is 2.35. The van der Waals surface area contributed by atoms with Gasteiger partial charge in [0, 0.05) is 22.4 Å². The molecule has 0 amide bonds. The van der Waals surface area contributed by atoms with Gasteiger partial charge in [0.25, 0.3) is 5.56 Å². The van der Waals surface area contributed by atoms with E-state index in [4.69, 9.17) is 11.6 Å². The van der Waals surface area contributed by atoms with Gasteiger partial charge in [-0.25, -0.2) is 4.68 Å². The van der Waals surface area contributed by atoms with E-state index in [2.05, 4.69) is 10.1 Å². The molecule has 0 saturated carbocycles. The Kier molecular flexibility index (Phi) is 3.36. The summed E-state index contributed by atoms with van der Waals surface area (Å²) in [5, 5.41) is 13.6. The number of aromatic hydroxyl groups is 1. The summed E-state index contributed by atoms with van der Waals surface area (Å²) in [6.07, 6.45) is 3.31. The van der Waals surface area contributed by atoms with Gasteiger partial charge >= 0.3 is 0 Å². The van der Waals surface area contributed by atoms with Crippen LogP contribution in [0.1, 0.15) is 11.1 Å². The van der Waals surface area contributed by atoms with E-state index in [0.29, 0.717) is 10.7 Å². The Hall–Kier alpha value is -3.05. The number of H-pyrrole nitrogens is 1. The lowest BCUT2D eigenvalue weighted by Crippen LogP contribution is -2.05. The van der Waals surface area contributed by atoms with Crippen molar-refractivity contribution in [3.05, 3.63) is 75.0 Å². The molecule has 2 aromatic carbocycles. The van der Waals surface area contributed by atoms with Crippen LogP contribution in [0.25, 0.3) is 17.3 Å². The number of rotatable bonds is 2. The summed E-state index contributed by atoms with van der Waals surface area (Å²) in [6.45, 7) is 0. The largest absolute Gasteiger partial charge is 0.493 e. The van der Waals surface area contributed by atoms with Crippen molar-refractivity contribution in [3.63, 3.8) is 0 Å². The molecule has 0 fully saturated rings. The lowest BCUT2D eigenvalue weighted by Gasteiger charge is -2.04. The molecule has 1 aromatic heterocycles. The molecule has 0 saturated heterocycles. The second-order valence-electron chi connectivity index (χ2n) is 5.37. The summed E-state index contributed by atoms with van der Waals surface area (Å²) in [7, 11) is 0. The summed E-state index contributed by atoms with van der Waals surface area (Å²) in [6, 6.07) is 14.5. The van der Waals surface area contributed by atoms with Crippen molar-refractivity contribution in [1.29, 1.82) is 0 Å². The fraction of sp³-hybridized carbons (Fsp3) is 0. The van der Waals surface area contributed by atoms with Crippen molar-refractivity contribution < 1.29 is 5.11 Å². The number of halogens is 1. The minimum absolute atomic E-state index is 0.174. The molecule has 3 aromatic rings. The van der Waals surface area contributed by atoms with Crippen LogP contribution >= 0.6 is 11.6 Å². The highest BCUT2D eigenvalue weighted by molar-refractivity contribution is 6.30. The first-order chi connectivity index (χ1) is 11.6. The van der Waals surface area contributed by atoms with E-state index in [0.717, 1.165) is 16.8 Å². The third-order valence-corrected chi connectivity index (χ3v) is 4.07. The van der Waals surface area contributed by atoms with Crippen LogP contribution < -0.4 is 5.56 Å². The molecule has 6 heteroatoms. The Labute approximate surface area is 142 Å². The monoisotopic (exact) mass is 337 g/mol. The van der Waals surface area contributed by atoms with E-state index in [1.807, 2.05) is 24.3 Å². The highest BCUT2D eigenvalue weighted by Gasteiger charge is 2.17. The average Bonchev–Trinajstić information content (AvgIpc) is 3.11. The maximum absolute atomic E-state index is 12.3. The zero-order chi connectivity index (χ0) is 16.7. The molecule has 2 N–H and O–H groups in total. The van der Waals surface area contributed by atoms with Gasteiger partial charge in [-0.05, 0) is 30.3 Å². The van der Waals surface area contributed by atoms with Gasteiger partial charge in [-0.1, -0.05) is 35.9 Å². The van der Waals surface area contributed by atoms with Crippen LogP contribution in [0.2, 0.25) is 5.02 Å². The minimum atomic E-state index is -0.391. The molecule has 0 spiro atoms. The molecule has 1 aliphatic heterocycles. The predicted molar refractivity (Wildman–Crippen MR) is 95.5 cm³/mol. The molecular weight excluding hydrogens is 326 g/mol. The summed E-state index contributed by atoms with van der Waals surface area (Å²) in [5.74, 6) is -0.174. The molecule has 5 nitrogen and oxygen atoms in total. The van der Waals surface area contributed by atoms with Crippen LogP contribution in [0, 0.1) is 0 Å². The molecular formula is C18H12ClN3O2. The number of para-hydroxylation sites is 1. The number of aromatic amines is 1. The maximum Gasteiger partial charge on any atom is 0.275 e. The van der Waals surface area contributed by atoms with Gasteiger partial charge in [0.15, 0.2) is 0 Å². The predicted octanol–water partition coefficient (Wildman–Crippen LogP) is 3.78. The van der Waals surface area contributed by atoms with E-state index in [1.54, 1.807) is 36.6 Å². The van der Waals surface area contributed by atoms with Crippen LogP contribution in [0.5, 0.6) is 5.88 Å². The van der Waals surface area contributed by atoms with Gasteiger partial charge in [0.2, 0.25) is 5.88 Å². The van der Waals surface area contributed by atoms with Crippen LogP contribution in [-0.4, -0.2) is 21.1 Å². The van der Waals surface area contributed by atoms with E-state index in [1.165, 1.54) is 4.68 Å². The van der Waals surface area contributed by atoms with E-state index in [9.17, 15) is 9.90 Å². The standard InChI is InChI=1S/C18H12ClN3O2/c19-12-4-3-5-13(9-12)22-18(24)15(17(23)21-22)8-11-10-20-16-7-2-1-6-14(11)16/h1-10,24H,(H,21,23). The maximum atomic E-state index is 12.3. The number of hydrogen-bond donors (Lipinski definition) is 2. The van der Waals surface area contributed by atoms with Gasteiger partial charge < -0.3 is 5.11 Å². The van der Waals surface area contributed by atoms with Gasteiger partial charge in [-0.15, -0.1) is 0 Å². The fourth-order valence-corrected chi connectivity index (χ4v) is 2.86. The van der Waals surface area contributed by atoms with Crippen molar-refractivity contribution in [2.45, 2.75) is 0 Å². The molecule has 118 valence electrons. The Morgan fingerprint density at radius 3 is 2.83 bits per heavy atom. The first-order valence-corrected chi connectivity index (χ1v) is 7.66. The average molecular weight is 338 g/mol. The number of nitrogens with zero attached hydrogens (tertiary/aromatic N) is 2. The van der Waals surface area contributed by atoms with E-state index < -0.39 is 5.56 Å². The van der Waals surface area contributed by atoms with Gasteiger partial charge in [0.1, 0.15) is 5.56 Å². The molecule has 24 heavy (non-hydrogen) atoms. The summed E-state index contributed by atoms with van der Waals surface area (Å²) in [4.78, 5) is 16.6. The topological polar surface area (TPSA) is 70.4 Å². The molecule has 0 bridgehead atoms. The Bertz CT molecular complexity index is 1060. The zero-order valence-electron chi connectivity index (χ0n) is 12.4. The van der Waals surface area contributed by atoms with E-state index >= 15 is 0 Å². The molecule has 4 rings (SSSR count). The summed E-state index contributed by atoms with van der Waals surface area (Å²) >= 11 is 5.97. The first-order valence-electron chi connectivity index (χ1n) is 7.28. The Morgan fingerprint density at radius 1 is 1.17 bits per heavy atom. The highest BCUT2D eigenvalue weighted by atomic mass is 35.5. The van der Waals surface area contributed by atoms with Crippen LogP contribution in [0.15, 0.2) is 58.3 Å². The second kappa shape index (κ2) is 5.54. The normalized spacial score (nSPS) is 14.3. The first kappa shape index (κ1) is 14.5. The smallest absolute Gasteiger partial charge is 0.275 e. The molecule has 1 aliphatic rings. The molecule has 0 unspecified atom stereocenters. The molecule has 0 radical (unpaired) electrons. The van der Waals surface area contributed by atoms with Crippen molar-refractivity contribution in [2.75, 3.05) is 0 Å². The number of aromatic nitrogens is 2. The lowest BCUT2D eigenvalue weighted by atomic mass is 10.1. The van der Waals surface area contributed by atoms with Crippen LogP contribution in [0.4, 0.5) is 5.69 Å². The number of hydrogen-bond acceptors (Lipinski definition) is 3. The van der Waals surface area contributed by atoms with E-state index in [-0.39, 0.29) is 11.4 Å². The van der Waals surface area contributed by atoms with Crippen LogP contribution in [0.3, 0.4) is 0 Å². The fourth-order valence-electron chi connectivity index (χ4n) is 2.68. The number of nitrogens with one attached hydrogen (secondary N) is 1. The number of benzene rings is 2. The van der Waals surface area contributed by atoms with Gasteiger partial charge in [0.05, 0.1) is 11.4 Å². The van der Waals surface area contributed by atoms with Gasteiger partial charge in [-0.3, -0.25) is 14.9 Å². The molecule has 0 atom stereocenters.